The molecule has 2 aliphatic heterocycles. The maximum atomic E-state index is 6.53. The number of hydrogen-bond donors (Lipinski definition) is 0. The summed E-state index contributed by atoms with van der Waals surface area (Å²) in [6.07, 6.45) is 0.429. The summed E-state index contributed by atoms with van der Waals surface area (Å²) < 4.78 is 12.3. The second kappa shape index (κ2) is 7.15. The van der Waals surface area contributed by atoms with Crippen molar-refractivity contribution in [3.05, 3.63) is 81.0 Å². The third kappa shape index (κ3) is 2.86. The quantitative estimate of drug-likeness (QED) is 0.525. The van der Waals surface area contributed by atoms with E-state index in [-0.39, 0.29) is 6.04 Å². The van der Waals surface area contributed by atoms with Crippen molar-refractivity contribution in [2.75, 3.05) is 6.61 Å². The molecule has 0 radical (unpaired) electrons. The van der Waals surface area contributed by atoms with E-state index in [0.717, 1.165) is 34.8 Å². The van der Waals surface area contributed by atoms with Gasteiger partial charge in [0.25, 0.3) is 0 Å². The van der Waals surface area contributed by atoms with Crippen LogP contribution in [0.25, 0.3) is 0 Å². The Labute approximate surface area is 173 Å². The second-order valence-corrected chi connectivity index (χ2v) is 8.08. The second-order valence-electron chi connectivity index (χ2n) is 6.72. The van der Waals surface area contributed by atoms with E-state index in [2.05, 4.69) is 23.6 Å². The van der Waals surface area contributed by atoms with Gasteiger partial charge in [0.1, 0.15) is 0 Å². The summed E-state index contributed by atoms with van der Waals surface area (Å²) in [7, 11) is 0. The number of thiophene rings is 1. The minimum atomic E-state index is -0.398. The zero-order valence-corrected chi connectivity index (χ0v) is 16.9. The highest BCUT2D eigenvalue weighted by Gasteiger charge is 2.42. The molecule has 1 aromatic heterocycles. The van der Waals surface area contributed by atoms with Crippen LogP contribution in [0.2, 0.25) is 5.02 Å². The van der Waals surface area contributed by atoms with Gasteiger partial charge >= 0.3 is 0 Å². The molecule has 0 N–H and O–H groups in total. The molecule has 142 valence electrons. The van der Waals surface area contributed by atoms with Gasteiger partial charge in [-0.1, -0.05) is 48.0 Å². The minimum absolute atomic E-state index is 0.0857. The summed E-state index contributed by atoms with van der Waals surface area (Å²) in [6, 6.07) is 18.1. The zero-order chi connectivity index (χ0) is 19.1. The van der Waals surface area contributed by atoms with Gasteiger partial charge in [-0.25, -0.2) is 5.01 Å². The van der Waals surface area contributed by atoms with Crippen LogP contribution < -0.4 is 9.47 Å². The van der Waals surface area contributed by atoms with Crippen molar-refractivity contribution in [3.8, 4) is 11.5 Å². The number of ether oxygens (including phenoxy) is 2. The number of hydrogen-bond acceptors (Lipinski definition) is 5. The van der Waals surface area contributed by atoms with E-state index in [9.17, 15) is 0 Å². The van der Waals surface area contributed by atoms with Crippen LogP contribution in [0.1, 0.15) is 41.6 Å². The van der Waals surface area contributed by atoms with Gasteiger partial charge in [-0.2, -0.15) is 5.10 Å². The molecule has 0 aliphatic carbocycles. The third-order valence-corrected chi connectivity index (χ3v) is 6.32. The molecule has 0 spiro atoms. The van der Waals surface area contributed by atoms with Gasteiger partial charge in [-0.05, 0) is 30.5 Å². The molecule has 2 aromatic carbocycles. The molecule has 4 nitrogen and oxygen atoms in total. The summed E-state index contributed by atoms with van der Waals surface area (Å²) in [5, 5.41) is 9.76. The zero-order valence-electron chi connectivity index (χ0n) is 15.3. The topological polar surface area (TPSA) is 34.1 Å². The molecule has 0 fully saturated rings. The van der Waals surface area contributed by atoms with Crippen molar-refractivity contribution in [2.24, 2.45) is 5.10 Å². The van der Waals surface area contributed by atoms with E-state index in [0.29, 0.717) is 11.6 Å². The van der Waals surface area contributed by atoms with Crippen LogP contribution in [-0.4, -0.2) is 17.3 Å². The van der Waals surface area contributed by atoms with Crippen molar-refractivity contribution >= 4 is 28.6 Å². The van der Waals surface area contributed by atoms with Crippen LogP contribution in [0.5, 0.6) is 11.5 Å². The summed E-state index contributed by atoms with van der Waals surface area (Å²) in [4.78, 5) is 1.19. The lowest BCUT2D eigenvalue weighted by atomic mass is 9.97. The molecule has 0 bridgehead atoms. The molecule has 3 aromatic rings. The lowest BCUT2D eigenvalue weighted by Crippen LogP contribution is -2.34. The van der Waals surface area contributed by atoms with Gasteiger partial charge in [-0.15, -0.1) is 11.3 Å². The van der Waals surface area contributed by atoms with Crippen LogP contribution in [0.4, 0.5) is 0 Å². The average molecular weight is 411 g/mol. The van der Waals surface area contributed by atoms with Crippen molar-refractivity contribution in [3.63, 3.8) is 0 Å². The van der Waals surface area contributed by atoms with Crippen LogP contribution in [0.15, 0.2) is 65.1 Å². The Morgan fingerprint density at radius 2 is 2.00 bits per heavy atom. The van der Waals surface area contributed by atoms with Crippen molar-refractivity contribution in [2.45, 2.75) is 25.6 Å². The molecular formula is C22H19ClN2O2S. The minimum Gasteiger partial charge on any atom is -0.490 e. The molecule has 2 atom stereocenters. The summed E-state index contributed by atoms with van der Waals surface area (Å²) in [5.41, 5.74) is 3.09. The Morgan fingerprint density at radius 1 is 1.14 bits per heavy atom. The third-order valence-electron chi connectivity index (χ3n) is 5.06. The predicted molar refractivity (Wildman–Crippen MR) is 112 cm³/mol. The molecule has 2 unspecified atom stereocenters. The first-order chi connectivity index (χ1) is 13.8. The van der Waals surface area contributed by atoms with Gasteiger partial charge < -0.3 is 9.47 Å². The SMILES string of the molecule is CCOc1cccc2c1OC(c1ccccc1Cl)N1N=C(c3cccs3)CC21. The highest BCUT2D eigenvalue weighted by atomic mass is 35.5. The summed E-state index contributed by atoms with van der Waals surface area (Å²) in [6.45, 7) is 2.57. The van der Waals surface area contributed by atoms with E-state index in [1.807, 2.05) is 48.3 Å². The van der Waals surface area contributed by atoms with Crippen molar-refractivity contribution in [1.29, 1.82) is 0 Å². The van der Waals surface area contributed by atoms with E-state index in [1.165, 1.54) is 4.88 Å². The standard InChI is InChI=1S/C22H19ClN2O2S/c1-2-26-19-10-5-8-15-18-13-17(20-11-6-12-28-20)24-25(18)22(27-21(15)19)14-7-3-4-9-16(14)23/h3-12,18,22H,2,13H2,1H3. The Balaban J connectivity index is 1.64. The first-order valence-electron chi connectivity index (χ1n) is 9.32. The number of benzene rings is 2. The Morgan fingerprint density at radius 3 is 2.79 bits per heavy atom. The molecule has 2 aliphatic rings. The number of rotatable bonds is 4. The molecule has 5 rings (SSSR count). The lowest BCUT2D eigenvalue weighted by molar-refractivity contribution is -0.0211. The maximum absolute atomic E-state index is 6.53. The number of fused-ring (bicyclic) bond motifs is 3. The fraction of sp³-hybridized carbons (Fsp3) is 0.227. The smallest absolute Gasteiger partial charge is 0.215 e. The number of para-hydroxylation sites is 1. The summed E-state index contributed by atoms with van der Waals surface area (Å²) >= 11 is 8.24. The van der Waals surface area contributed by atoms with E-state index >= 15 is 0 Å². The molecule has 28 heavy (non-hydrogen) atoms. The van der Waals surface area contributed by atoms with Gasteiger partial charge in [0, 0.05) is 22.6 Å². The molecule has 3 heterocycles. The molecule has 0 amide bonds. The number of nitrogens with zero attached hydrogens (tertiary/aromatic N) is 2. The average Bonchev–Trinajstić information content (AvgIpc) is 3.38. The van der Waals surface area contributed by atoms with Crippen molar-refractivity contribution < 1.29 is 9.47 Å². The lowest BCUT2D eigenvalue weighted by Gasteiger charge is -2.39. The van der Waals surface area contributed by atoms with E-state index in [4.69, 9.17) is 26.2 Å². The molecule has 0 saturated carbocycles. The van der Waals surface area contributed by atoms with Crippen LogP contribution in [-0.2, 0) is 0 Å². The fourth-order valence-corrected chi connectivity index (χ4v) is 4.78. The summed E-state index contributed by atoms with van der Waals surface area (Å²) in [5.74, 6) is 1.56. The number of halogens is 1. The first kappa shape index (κ1) is 17.6. The van der Waals surface area contributed by atoms with Crippen molar-refractivity contribution in [1.82, 2.24) is 5.01 Å². The maximum Gasteiger partial charge on any atom is 0.215 e. The Bertz CT molecular complexity index is 1030. The van der Waals surface area contributed by atoms with Gasteiger partial charge in [0.2, 0.25) is 6.23 Å². The normalized spacial score (nSPS) is 20.2. The van der Waals surface area contributed by atoms with Gasteiger partial charge in [-0.3, -0.25) is 0 Å². The molecular weight excluding hydrogens is 392 g/mol. The fourth-order valence-electron chi connectivity index (χ4n) is 3.83. The Kier molecular flexibility index (Phi) is 4.49. The number of hydrazone groups is 1. The van der Waals surface area contributed by atoms with Gasteiger partial charge in [0.05, 0.1) is 23.2 Å². The molecule has 6 heteroatoms. The highest BCUT2D eigenvalue weighted by Crippen LogP contribution is 2.51. The van der Waals surface area contributed by atoms with E-state index < -0.39 is 6.23 Å². The van der Waals surface area contributed by atoms with Crippen LogP contribution in [0, 0.1) is 0 Å². The monoisotopic (exact) mass is 410 g/mol. The van der Waals surface area contributed by atoms with E-state index in [1.54, 1.807) is 11.3 Å². The largest absolute Gasteiger partial charge is 0.490 e. The Hall–Kier alpha value is -2.50. The highest BCUT2D eigenvalue weighted by molar-refractivity contribution is 7.12. The van der Waals surface area contributed by atoms with Gasteiger partial charge in [0.15, 0.2) is 11.5 Å². The molecule has 0 saturated heterocycles. The first-order valence-corrected chi connectivity index (χ1v) is 10.6. The predicted octanol–water partition coefficient (Wildman–Crippen LogP) is 6.04. The van der Waals surface area contributed by atoms with Crippen LogP contribution >= 0.6 is 22.9 Å². The van der Waals surface area contributed by atoms with Crippen LogP contribution in [0.3, 0.4) is 0 Å².